The van der Waals surface area contributed by atoms with Gasteiger partial charge in [0.15, 0.2) is 5.16 Å². The molecule has 1 rings (SSSR count). The normalized spacial score (nSPS) is 10.5. The third kappa shape index (κ3) is 5.82. The first kappa shape index (κ1) is 14.2. The molecule has 1 aromatic heterocycles. The number of carbonyl (C=O) groups excluding carboxylic acids is 1. The number of aromatic nitrogens is 2. The Balaban J connectivity index is 2.44. The third-order valence-electron chi connectivity index (χ3n) is 2.41. The van der Waals surface area contributed by atoms with E-state index in [4.69, 9.17) is 0 Å². The Labute approximate surface area is 107 Å². The van der Waals surface area contributed by atoms with Crippen molar-refractivity contribution in [1.29, 1.82) is 0 Å². The SMILES string of the molecule is CCCCCCSc1nc(C)cc(CC=O)n1. The van der Waals surface area contributed by atoms with Crippen molar-refractivity contribution in [2.24, 2.45) is 0 Å². The van der Waals surface area contributed by atoms with E-state index in [2.05, 4.69) is 16.9 Å². The number of aldehydes is 1. The minimum Gasteiger partial charge on any atom is -0.303 e. The molecule has 0 fully saturated rings. The van der Waals surface area contributed by atoms with Crippen molar-refractivity contribution in [1.82, 2.24) is 9.97 Å². The predicted octanol–water partition coefficient (Wildman–Crippen LogP) is 3.20. The number of hydrogen-bond acceptors (Lipinski definition) is 4. The molecule has 0 atom stereocenters. The summed E-state index contributed by atoms with van der Waals surface area (Å²) in [5.74, 6) is 1.06. The zero-order valence-corrected chi connectivity index (χ0v) is 11.4. The average molecular weight is 252 g/mol. The molecule has 0 unspecified atom stereocenters. The number of thioether (sulfide) groups is 1. The Morgan fingerprint density at radius 2 is 2.12 bits per heavy atom. The molecule has 94 valence electrons. The summed E-state index contributed by atoms with van der Waals surface area (Å²) in [5, 5.41) is 0.804. The molecule has 1 heterocycles. The molecule has 0 aliphatic carbocycles. The van der Waals surface area contributed by atoms with Crippen LogP contribution in [0.3, 0.4) is 0 Å². The van der Waals surface area contributed by atoms with Crippen LogP contribution in [0.2, 0.25) is 0 Å². The lowest BCUT2D eigenvalue weighted by atomic mass is 10.2. The molecule has 1 aromatic rings. The van der Waals surface area contributed by atoms with Crippen molar-refractivity contribution < 1.29 is 4.79 Å². The van der Waals surface area contributed by atoms with Crippen LogP contribution in [0.5, 0.6) is 0 Å². The third-order valence-corrected chi connectivity index (χ3v) is 3.34. The number of carbonyl (C=O) groups is 1. The van der Waals surface area contributed by atoms with Crippen LogP contribution in [0.1, 0.15) is 44.0 Å². The van der Waals surface area contributed by atoms with Gasteiger partial charge in [-0.2, -0.15) is 0 Å². The van der Waals surface area contributed by atoms with E-state index < -0.39 is 0 Å². The van der Waals surface area contributed by atoms with Gasteiger partial charge in [-0.1, -0.05) is 37.9 Å². The fraction of sp³-hybridized carbons (Fsp3) is 0.615. The molecule has 4 heteroatoms. The lowest BCUT2D eigenvalue weighted by Crippen LogP contribution is -1.98. The summed E-state index contributed by atoms with van der Waals surface area (Å²) in [6, 6.07) is 1.87. The molecule has 0 saturated heterocycles. The van der Waals surface area contributed by atoms with Crippen LogP contribution < -0.4 is 0 Å². The van der Waals surface area contributed by atoms with Gasteiger partial charge in [-0.25, -0.2) is 9.97 Å². The van der Waals surface area contributed by atoms with Crippen molar-refractivity contribution in [3.8, 4) is 0 Å². The van der Waals surface area contributed by atoms with E-state index in [0.29, 0.717) is 6.42 Å². The van der Waals surface area contributed by atoms with E-state index in [9.17, 15) is 4.79 Å². The van der Waals surface area contributed by atoms with E-state index >= 15 is 0 Å². The molecular formula is C13H20N2OS. The molecule has 0 N–H and O–H groups in total. The second kappa shape index (κ2) is 8.23. The largest absolute Gasteiger partial charge is 0.303 e. The summed E-state index contributed by atoms with van der Waals surface area (Å²) in [4.78, 5) is 19.2. The van der Waals surface area contributed by atoms with Crippen molar-refractivity contribution >= 4 is 18.0 Å². The number of rotatable bonds is 8. The van der Waals surface area contributed by atoms with E-state index in [-0.39, 0.29) is 0 Å². The Morgan fingerprint density at radius 1 is 1.29 bits per heavy atom. The highest BCUT2D eigenvalue weighted by Gasteiger charge is 2.02. The summed E-state index contributed by atoms with van der Waals surface area (Å²) >= 11 is 1.69. The first-order valence-corrected chi connectivity index (χ1v) is 7.15. The molecule has 0 saturated carbocycles. The van der Waals surface area contributed by atoms with Crippen molar-refractivity contribution in [3.63, 3.8) is 0 Å². The molecule has 0 aliphatic rings. The van der Waals surface area contributed by atoms with Gasteiger partial charge in [-0.15, -0.1) is 0 Å². The fourth-order valence-corrected chi connectivity index (χ4v) is 2.47. The minimum absolute atomic E-state index is 0.382. The first-order valence-electron chi connectivity index (χ1n) is 6.17. The quantitative estimate of drug-likeness (QED) is 0.308. The molecule has 0 aromatic carbocycles. The second-order valence-electron chi connectivity index (χ2n) is 4.06. The van der Waals surface area contributed by atoms with Gasteiger partial charge in [-0.05, 0) is 19.4 Å². The number of nitrogens with zero attached hydrogens (tertiary/aromatic N) is 2. The highest BCUT2D eigenvalue weighted by Crippen LogP contribution is 2.16. The van der Waals surface area contributed by atoms with Crippen LogP contribution >= 0.6 is 11.8 Å². The lowest BCUT2D eigenvalue weighted by molar-refractivity contribution is -0.107. The molecular weight excluding hydrogens is 232 g/mol. The molecule has 0 spiro atoms. The molecule has 0 radical (unpaired) electrons. The number of hydrogen-bond donors (Lipinski definition) is 0. The van der Waals surface area contributed by atoms with Crippen molar-refractivity contribution in [2.75, 3.05) is 5.75 Å². The van der Waals surface area contributed by atoms with E-state index in [0.717, 1.165) is 28.6 Å². The number of unbranched alkanes of at least 4 members (excludes halogenated alkanes) is 3. The minimum atomic E-state index is 0.382. The summed E-state index contributed by atoms with van der Waals surface area (Å²) in [5.41, 5.74) is 1.76. The first-order chi connectivity index (χ1) is 8.26. The molecule has 3 nitrogen and oxygen atoms in total. The van der Waals surface area contributed by atoms with Gasteiger partial charge < -0.3 is 4.79 Å². The maximum Gasteiger partial charge on any atom is 0.188 e. The maximum atomic E-state index is 10.5. The summed E-state index contributed by atoms with van der Waals surface area (Å²) in [6.45, 7) is 4.15. The zero-order valence-electron chi connectivity index (χ0n) is 10.6. The van der Waals surface area contributed by atoms with Gasteiger partial charge in [-0.3, -0.25) is 0 Å². The average Bonchev–Trinajstić information content (AvgIpc) is 2.28. The smallest absolute Gasteiger partial charge is 0.188 e. The van der Waals surface area contributed by atoms with E-state index in [1.807, 2.05) is 13.0 Å². The van der Waals surface area contributed by atoms with Crippen LogP contribution in [0.25, 0.3) is 0 Å². The van der Waals surface area contributed by atoms with Crippen LogP contribution in [0, 0.1) is 6.92 Å². The Kier molecular flexibility index (Phi) is 6.86. The van der Waals surface area contributed by atoms with Gasteiger partial charge in [0.1, 0.15) is 6.29 Å². The maximum absolute atomic E-state index is 10.5. The highest BCUT2D eigenvalue weighted by atomic mass is 32.2. The monoisotopic (exact) mass is 252 g/mol. The molecule has 17 heavy (non-hydrogen) atoms. The molecule has 0 aliphatic heterocycles. The Bertz CT molecular complexity index is 355. The van der Waals surface area contributed by atoms with E-state index in [1.54, 1.807) is 11.8 Å². The predicted molar refractivity (Wildman–Crippen MR) is 71.4 cm³/mol. The van der Waals surface area contributed by atoms with Crippen LogP contribution in [0.4, 0.5) is 0 Å². The van der Waals surface area contributed by atoms with Gasteiger partial charge in [0.2, 0.25) is 0 Å². The Morgan fingerprint density at radius 3 is 2.82 bits per heavy atom. The Hall–Kier alpha value is -0.900. The molecule has 0 amide bonds. The molecule has 0 bridgehead atoms. The van der Waals surface area contributed by atoms with Gasteiger partial charge in [0.25, 0.3) is 0 Å². The van der Waals surface area contributed by atoms with Crippen molar-refractivity contribution in [2.45, 2.75) is 51.1 Å². The van der Waals surface area contributed by atoms with Gasteiger partial charge >= 0.3 is 0 Å². The standard InChI is InChI=1S/C13H20N2OS/c1-3-4-5-6-9-17-13-14-11(2)10-12(15-13)7-8-16/h8,10H,3-7,9H2,1-2H3. The summed E-state index contributed by atoms with van der Waals surface area (Å²) < 4.78 is 0. The number of aryl methyl sites for hydroxylation is 1. The van der Waals surface area contributed by atoms with Crippen LogP contribution in [-0.2, 0) is 11.2 Å². The topological polar surface area (TPSA) is 42.9 Å². The summed E-state index contributed by atoms with van der Waals surface area (Å²) in [6.07, 6.45) is 6.31. The second-order valence-corrected chi connectivity index (χ2v) is 5.13. The van der Waals surface area contributed by atoms with E-state index in [1.165, 1.54) is 25.7 Å². The van der Waals surface area contributed by atoms with Crippen LogP contribution in [-0.4, -0.2) is 22.0 Å². The summed E-state index contributed by atoms with van der Waals surface area (Å²) in [7, 11) is 0. The highest BCUT2D eigenvalue weighted by molar-refractivity contribution is 7.99. The zero-order chi connectivity index (χ0) is 12.5. The van der Waals surface area contributed by atoms with Crippen LogP contribution in [0.15, 0.2) is 11.2 Å². The fourth-order valence-electron chi connectivity index (χ4n) is 1.55. The van der Waals surface area contributed by atoms with Gasteiger partial charge in [0.05, 0.1) is 5.69 Å². The lowest BCUT2D eigenvalue weighted by Gasteiger charge is -2.03. The van der Waals surface area contributed by atoms with Gasteiger partial charge in [0, 0.05) is 17.9 Å². The van der Waals surface area contributed by atoms with Crippen molar-refractivity contribution in [3.05, 3.63) is 17.5 Å².